The third kappa shape index (κ3) is 6.68. The van der Waals surface area contributed by atoms with E-state index in [1.165, 1.54) is 21.6 Å². The van der Waals surface area contributed by atoms with Gasteiger partial charge in [0.05, 0.1) is 12.5 Å². The summed E-state index contributed by atoms with van der Waals surface area (Å²) in [6.45, 7) is 10.1. The number of aromatic nitrogens is 2. The van der Waals surface area contributed by atoms with Gasteiger partial charge in [0.15, 0.2) is 5.69 Å². The highest BCUT2D eigenvalue weighted by Gasteiger charge is 2.41. The molecule has 3 aromatic rings. The Bertz CT molecular complexity index is 1540. The van der Waals surface area contributed by atoms with Crippen LogP contribution in [0.5, 0.6) is 5.75 Å². The van der Waals surface area contributed by atoms with Crippen LogP contribution in [0.1, 0.15) is 91.4 Å². The molecule has 1 aromatic heterocycles. The molecule has 1 aliphatic heterocycles. The minimum atomic E-state index is -0.636. The van der Waals surface area contributed by atoms with Gasteiger partial charge < -0.3 is 18.9 Å². The van der Waals surface area contributed by atoms with Gasteiger partial charge in [-0.3, -0.25) is 14.4 Å². The summed E-state index contributed by atoms with van der Waals surface area (Å²) < 4.78 is 13.5. The summed E-state index contributed by atoms with van der Waals surface area (Å²) in [5.41, 5.74) is 3.35. The van der Waals surface area contributed by atoms with Gasteiger partial charge in [0.2, 0.25) is 5.75 Å². The number of esters is 1. The van der Waals surface area contributed by atoms with Gasteiger partial charge in [-0.25, -0.2) is 0 Å². The Kier molecular flexibility index (Phi) is 8.50. The number of carbonyl (C=O) groups is 2. The smallest absolute Gasteiger partial charge is 0.316 e. The number of ether oxygens (including phenoxy) is 2. The van der Waals surface area contributed by atoms with Crippen molar-refractivity contribution in [2.24, 2.45) is 0 Å². The van der Waals surface area contributed by atoms with Crippen molar-refractivity contribution in [3.63, 3.8) is 0 Å². The van der Waals surface area contributed by atoms with Crippen LogP contribution < -0.4 is 10.3 Å². The third-order valence-electron chi connectivity index (χ3n) is 8.62. The van der Waals surface area contributed by atoms with Crippen LogP contribution in [0.3, 0.4) is 0 Å². The molecule has 0 saturated heterocycles. The second-order valence-corrected chi connectivity index (χ2v) is 13.3. The van der Waals surface area contributed by atoms with E-state index >= 15 is 0 Å². The van der Waals surface area contributed by atoms with Crippen LogP contribution in [0.25, 0.3) is 0 Å². The topological polar surface area (TPSA) is 90.7 Å². The van der Waals surface area contributed by atoms with Crippen LogP contribution in [0.2, 0.25) is 0 Å². The Hall–Kier alpha value is -3.94. The third-order valence-corrected chi connectivity index (χ3v) is 8.62. The van der Waals surface area contributed by atoms with Crippen molar-refractivity contribution in [3.8, 4) is 5.75 Å². The van der Waals surface area contributed by atoms with Crippen LogP contribution in [0.4, 0.5) is 0 Å². The molecule has 8 nitrogen and oxygen atoms in total. The summed E-state index contributed by atoms with van der Waals surface area (Å²) in [5, 5.41) is 0. The minimum Gasteiger partial charge on any atom is -0.481 e. The molecular formula is C35H43N3O5. The van der Waals surface area contributed by atoms with Gasteiger partial charge >= 0.3 is 11.5 Å². The monoisotopic (exact) mass is 585 g/mol. The SMILES string of the molecule is Cc1cc(C)cc(C2(Cc3nc(=O)c(OCc4ccccc4)c4n3C[C@H](CC(=O)OC(C)(C)C)N(C)C4=O)CCCC2)c1. The van der Waals surface area contributed by atoms with Crippen LogP contribution in [-0.4, -0.2) is 45.0 Å². The zero-order valence-corrected chi connectivity index (χ0v) is 26.2. The number of likely N-dealkylation sites (N-methyl/N-ethyl adjacent to an activating group) is 1. The second-order valence-electron chi connectivity index (χ2n) is 13.3. The zero-order valence-electron chi connectivity index (χ0n) is 26.2. The molecule has 2 aromatic carbocycles. The molecule has 0 bridgehead atoms. The van der Waals surface area contributed by atoms with Gasteiger partial charge in [-0.15, -0.1) is 0 Å². The Morgan fingerprint density at radius 1 is 1.02 bits per heavy atom. The maximum absolute atomic E-state index is 14.0. The first-order valence-corrected chi connectivity index (χ1v) is 15.2. The Morgan fingerprint density at radius 3 is 2.30 bits per heavy atom. The van der Waals surface area contributed by atoms with E-state index in [4.69, 9.17) is 9.47 Å². The number of rotatable bonds is 8. The number of fused-ring (bicyclic) bond motifs is 1. The molecule has 0 radical (unpaired) electrons. The summed E-state index contributed by atoms with van der Waals surface area (Å²) in [4.78, 5) is 46.7. The van der Waals surface area contributed by atoms with Crippen molar-refractivity contribution in [1.29, 1.82) is 0 Å². The molecular weight excluding hydrogens is 542 g/mol. The fourth-order valence-corrected chi connectivity index (χ4v) is 6.63. The van der Waals surface area contributed by atoms with Crippen molar-refractivity contribution in [3.05, 3.63) is 92.7 Å². The minimum absolute atomic E-state index is 0.0347. The normalized spacial score (nSPS) is 18.0. The van der Waals surface area contributed by atoms with Gasteiger partial charge in [0.25, 0.3) is 5.91 Å². The fourth-order valence-electron chi connectivity index (χ4n) is 6.63. The van der Waals surface area contributed by atoms with Crippen LogP contribution in [0.15, 0.2) is 53.3 Å². The van der Waals surface area contributed by atoms with Crippen LogP contribution in [0, 0.1) is 13.8 Å². The molecule has 228 valence electrons. The lowest BCUT2D eigenvalue weighted by atomic mass is 9.75. The predicted molar refractivity (Wildman–Crippen MR) is 165 cm³/mol. The standard InChI is InChI=1S/C35H43N3O5/c1-23-16-24(2)18-26(17-23)35(14-10-11-15-35)20-28-36-32(40)31(42-22-25-12-8-7-9-13-25)30-33(41)37(6)27(21-38(28)30)19-29(39)43-34(3,4)5/h7-9,12-13,16-18,27H,10-11,14-15,19-22H2,1-6H3/t27-/m0/s1. The molecule has 1 fully saturated rings. The largest absolute Gasteiger partial charge is 0.481 e. The van der Waals surface area contributed by atoms with Crippen molar-refractivity contribution >= 4 is 11.9 Å². The van der Waals surface area contributed by atoms with Crippen molar-refractivity contribution in [2.75, 3.05) is 7.05 Å². The Balaban J connectivity index is 1.58. The molecule has 8 heteroatoms. The molecule has 0 N–H and O–H groups in total. The summed E-state index contributed by atoms with van der Waals surface area (Å²) in [6, 6.07) is 15.7. The number of hydrogen-bond donors (Lipinski definition) is 0. The van der Waals surface area contributed by atoms with E-state index in [0.29, 0.717) is 18.8 Å². The first kappa shape index (κ1) is 30.5. The molecule has 0 unspecified atom stereocenters. The maximum Gasteiger partial charge on any atom is 0.316 e. The average Bonchev–Trinajstić information content (AvgIpc) is 3.40. The molecule has 43 heavy (non-hydrogen) atoms. The molecule has 1 saturated carbocycles. The first-order chi connectivity index (χ1) is 20.3. The number of nitrogens with zero attached hydrogens (tertiary/aromatic N) is 3. The molecule has 5 rings (SSSR count). The van der Waals surface area contributed by atoms with Crippen LogP contribution >= 0.6 is 0 Å². The van der Waals surface area contributed by atoms with E-state index < -0.39 is 17.2 Å². The Labute approximate surface area is 254 Å². The summed E-state index contributed by atoms with van der Waals surface area (Å²) in [7, 11) is 1.67. The van der Waals surface area contributed by atoms with E-state index in [2.05, 4.69) is 37.0 Å². The van der Waals surface area contributed by atoms with E-state index in [1.54, 1.807) is 7.05 Å². The van der Waals surface area contributed by atoms with E-state index in [9.17, 15) is 14.4 Å². The molecule has 1 aliphatic carbocycles. The van der Waals surface area contributed by atoms with Gasteiger partial charge in [-0.1, -0.05) is 72.5 Å². The number of carbonyl (C=O) groups excluding carboxylic acids is 2. The molecule has 2 heterocycles. The summed E-state index contributed by atoms with van der Waals surface area (Å²) in [6.07, 6.45) is 4.68. The second kappa shape index (κ2) is 12.0. The number of amides is 1. The van der Waals surface area contributed by atoms with Gasteiger partial charge in [0.1, 0.15) is 18.0 Å². The van der Waals surface area contributed by atoms with E-state index in [0.717, 1.165) is 31.2 Å². The van der Waals surface area contributed by atoms with Crippen molar-refractivity contribution in [2.45, 2.75) is 103 Å². The lowest BCUT2D eigenvalue weighted by Crippen LogP contribution is -2.49. The first-order valence-electron chi connectivity index (χ1n) is 15.2. The maximum atomic E-state index is 14.0. The van der Waals surface area contributed by atoms with E-state index in [-0.39, 0.29) is 41.8 Å². The lowest BCUT2D eigenvalue weighted by molar-refractivity contribution is -0.156. The number of hydrogen-bond acceptors (Lipinski definition) is 6. The zero-order chi connectivity index (χ0) is 30.9. The lowest BCUT2D eigenvalue weighted by Gasteiger charge is -2.38. The molecule has 2 aliphatic rings. The summed E-state index contributed by atoms with van der Waals surface area (Å²) >= 11 is 0. The average molecular weight is 586 g/mol. The number of aryl methyl sites for hydroxylation is 2. The highest BCUT2D eigenvalue weighted by atomic mass is 16.6. The molecule has 1 amide bonds. The van der Waals surface area contributed by atoms with Crippen molar-refractivity contribution in [1.82, 2.24) is 14.5 Å². The van der Waals surface area contributed by atoms with E-state index in [1.807, 2.05) is 55.7 Å². The van der Waals surface area contributed by atoms with Crippen LogP contribution in [-0.2, 0) is 34.5 Å². The number of benzene rings is 2. The highest BCUT2D eigenvalue weighted by Crippen LogP contribution is 2.44. The van der Waals surface area contributed by atoms with Gasteiger partial charge in [-0.05, 0) is 58.6 Å². The quantitative estimate of drug-likeness (QED) is 0.316. The predicted octanol–water partition coefficient (Wildman–Crippen LogP) is 5.68. The highest BCUT2D eigenvalue weighted by molar-refractivity contribution is 5.96. The van der Waals surface area contributed by atoms with Gasteiger partial charge in [-0.2, -0.15) is 4.98 Å². The summed E-state index contributed by atoms with van der Waals surface area (Å²) in [5.74, 6) is -0.231. The fraction of sp³-hybridized carbons (Fsp3) is 0.486. The molecule has 0 spiro atoms. The van der Waals surface area contributed by atoms with Crippen molar-refractivity contribution < 1.29 is 19.1 Å². The Morgan fingerprint density at radius 2 is 1.67 bits per heavy atom. The van der Waals surface area contributed by atoms with Gasteiger partial charge in [0, 0.05) is 25.4 Å². The molecule has 1 atom stereocenters.